The molecule has 2 saturated heterocycles. The van der Waals surface area contributed by atoms with Crippen LogP contribution in [0.3, 0.4) is 0 Å². The molecular weight excluding hydrogens is 344 g/mol. The standard InChI is InChI=1S/C16H32O4SSi2/c1-13(2)11-19-14(20-12-13)9-15(22(3,4)5)16(10-14,21(15,17)18)23(6,7)8/h9-12H2,1-8H3. The highest BCUT2D eigenvalue weighted by atomic mass is 32.2. The summed E-state index contributed by atoms with van der Waals surface area (Å²) in [5, 5.41) is 0. The lowest BCUT2D eigenvalue weighted by molar-refractivity contribution is -0.295. The summed E-state index contributed by atoms with van der Waals surface area (Å²) >= 11 is 0. The zero-order valence-corrected chi connectivity index (χ0v) is 18.7. The summed E-state index contributed by atoms with van der Waals surface area (Å²) in [6, 6.07) is 0. The largest absolute Gasteiger partial charge is 0.349 e. The second-order valence-electron chi connectivity index (χ2n) is 10.7. The first-order valence-electron chi connectivity index (χ1n) is 8.60. The fourth-order valence-electron chi connectivity index (χ4n) is 5.29. The van der Waals surface area contributed by atoms with E-state index in [4.69, 9.17) is 9.47 Å². The lowest BCUT2D eigenvalue weighted by atomic mass is 9.94. The van der Waals surface area contributed by atoms with Crippen LogP contribution >= 0.6 is 0 Å². The molecule has 134 valence electrons. The van der Waals surface area contributed by atoms with E-state index in [2.05, 4.69) is 53.1 Å². The van der Waals surface area contributed by atoms with Gasteiger partial charge < -0.3 is 9.47 Å². The molecule has 0 bridgehead atoms. The Morgan fingerprint density at radius 3 is 1.43 bits per heavy atom. The van der Waals surface area contributed by atoms with Gasteiger partial charge in [-0.05, 0) is 0 Å². The van der Waals surface area contributed by atoms with E-state index in [0.29, 0.717) is 26.1 Å². The zero-order chi connectivity index (χ0) is 17.7. The molecule has 7 heteroatoms. The molecule has 4 nitrogen and oxygen atoms in total. The second kappa shape index (κ2) is 4.34. The summed E-state index contributed by atoms with van der Waals surface area (Å²) in [7, 11) is -6.98. The molecule has 0 N–H and O–H groups in total. The number of fused-ring (bicyclic) bond motifs is 1. The Bertz CT molecular complexity index is 596. The van der Waals surface area contributed by atoms with E-state index < -0.39 is 40.5 Å². The smallest absolute Gasteiger partial charge is 0.170 e. The lowest BCUT2D eigenvalue weighted by Crippen LogP contribution is -2.53. The van der Waals surface area contributed by atoms with Gasteiger partial charge >= 0.3 is 0 Å². The Balaban J connectivity index is 2.08. The van der Waals surface area contributed by atoms with E-state index in [-0.39, 0.29) is 5.41 Å². The summed E-state index contributed by atoms with van der Waals surface area (Å²) in [5.41, 5.74) is 0.00948. The van der Waals surface area contributed by atoms with Crippen molar-refractivity contribution in [3.63, 3.8) is 0 Å². The second-order valence-corrected chi connectivity index (χ2v) is 24.5. The van der Waals surface area contributed by atoms with Crippen LogP contribution in [0.15, 0.2) is 0 Å². The van der Waals surface area contributed by atoms with Gasteiger partial charge in [0.15, 0.2) is 15.6 Å². The molecular formula is C16H32O4SSi2. The van der Waals surface area contributed by atoms with E-state index in [1.807, 2.05) is 0 Å². The molecule has 2 aliphatic heterocycles. The van der Waals surface area contributed by atoms with Gasteiger partial charge in [0.05, 0.1) is 38.1 Å². The van der Waals surface area contributed by atoms with Crippen molar-refractivity contribution in [2.75, 3.05) is 13.2 Å². The third-order valence-electron chi connectivity index (χ3n) is 6.44. The molecule has 0 aromatic carbocycles. The summed E-state index contributed by atoms with van der Waals surface area (Å²) in [5.74, 6) is -0.665. The molecule has 0 aromatic heterocycles. The van der Waals surface area contributed by atoms with Gasteiger partial charge in [0.25, 0.3) is 0 Å². The summed E-state index contributed by atoms with van der Waals surface area (Å²) in [4.78, 5) is 0. The Kier molecular flexibility index (Phi) is 3.42. The van der Waals surface area contributed by atoms with Gasteiger partial charge in [0.1, 0.15) is 0 Å². The molecule has 1 aliphatic carbocycles. The predicted octanol–water partition coefficient (Wildman–Crippen LogP) is 3.21. The molecule has 2 unspecified atom stereocenters. The first kappa shape index (κ1) is 18.1. The Hall–Kier alpha value is 0.304. The van der Waals surface area contributed by atoms with Gasteiger partial charge in [-0.1, -0.05) is 53.1 Å². The van der Waals surface area contributed by atoms with Crippen LogP contribution in [0.1, 0.15) is 26.7 Å². The van der Waals surface area contributed by atoms with Crippen LogP contribution in [0, 0.1) is 5.41 Å². The minimum Gasteiger partial charge on any atom is -0.349 e. The van der Waals surface area contributed by atoms with Gasteiger partial charge in [-0.25, -0.2) is 8.42 Å². The molecule has 3 aliphatic rings. The average Bonchev–Trinajstić information content (AvgIpc) is 2.66. The molecule has 23 heavy (non-hydrogen) atoms. The first-order chi connectivity index (χ1) is 10.1. The molecule has 1 spiro atoms. The Labute approximate surface area is 143 Å². The number of sulfone groups is 1. The number of hydrogen-bond donors (Lipinski definition) is 0. The first-order valence-corrected chi connectivity index (χ1v) is 17.1. The molecule has 2 heterocycles. The average molecular weight is 377 g/mol. The van der Waals surface area contributed by atoms with E-state index in [1.54, 1.807) is 0 Å². The van der Waals surface area contributed by atoms with Gasteiger partial charge in [0.2, 0.25) is 0 Å². The fourth-order valence-corrected chi connectivity index (χ4v) is 24.1. The maximum atomic E-state index is 13.3. The monoisotopic (exact) mass is 376 g/mol. The molecule has 3 rings (SSSR count). The lowest BCUT2D eigenvalue weighted by Gasteiger charge is -2.44. The normalized spacial score (nSPS) is 40.9. The van der Waals surface area contributed by atoms with Crippen molar-refractivity contribution in [3.05, 3.63) is 0 Å². The van der Waals surface area contributed by atoms with Crippen molar-refractivity contribution < 1.29 is 17.9 Å². The summed E-state index contributed by atoms with van der Waals surface area (Å²) in [6.07, 6.45) is 1.11. The fraction of sp³-hybridized carbons (Fsp3) is 1.00. The van der Waals surface area contributed by atoms with E-state index in [9.17, 15) is 8.42 Å². The maximum absolute atomic E-state index is 13.3. The number of ether oxygens (including phenoxy) is 2. The highest BCUT2D eigenvalue weighted by molar-refractivity contribution is 8.07. The molecule has 3 fully saturated rings. The zero-order valence-electron chi connectivity index (χ0n) is 15.9. The SMILES string of the molecule is CC1(C)COC2(CC3([Si](C)(C)C)C([Si](C)(C)C)(C2)S3(=O)=O)OC1. The molecule has 0 amide bonds. The minimum atomic E-state index is -3.08. The Morgan fingerprint density at radius 2 is 1.13 bits per heavy atom. The number of hydrogen-bond acceptors (Lipinski definition) is 4. The van der Waals surface area contributed by atoms with Gasteiger partial charge in [-0.3, -0.25) is 0 Å². The van der Waals surface area contributed by atoms with Gasteiger partial charge in [-0.2, -0.15) is 0 Å². The molecule has 2 atom stereocenters. The Morgan fingerprint density at radius 1 is 0.783 bits per heavy atom. The van der Waals surface area contributed by atoms with Crippen molar-refractivity contribution in [2.45, 2.75) is 80.5 Å². The quantitative estimate of drug-likeness (QED) is 0.548. The molecule has 1 saturated carbocycles. The van der Waals surface area contributed by atoms with Crippen LogP contribution in [0.2, 0.25) is 39.3 Å². The molecule has 0 radical (unpaired) electrons. The van der Waals surface area contributed by atoms with E-state index >= 15 is 0 Å². The van der Waals surface area contributed by atoms with Crippen LogP contribution in [0.4, 0.5) is 0 Å². The van der Waals surface area contributed by atoms with Crippen LogP contribution < -0.4 is 0 Å². The van der Waals surface area contributed by atoms with Crippen molar-refractivity contribution in [1.82, 2.24) is 0 Å². The van der Waals surface area contributed by atoms with Crippen LogP contribution in [-0.2, 0) is 19.3 Å². The van der Waals surface area contributed by atoms with Crippen molar-refractivity contribution in [3.8, 4) is 0 Å². The summed E-state index contributed by atoms with van der Waals surface area (Å²) in [6.45, 7) is 18.8. The number of rotatable bonds is 2. The molecule has 0 aromatic rings. The summed E-state index contributed by atoms with van der Waals surface area (Å²) < 4.78 is 38.0. The van der Waals surface area contributed by atoms with E-state index in [0.717, 1.165) is 0 Å². The van der Waals surface area contributed by atoms with Crippen molar-refractivity contribution >= 4 is 26.0 Å². The van der Waals surface area contributed by atoms with E-state index in [1.165, 1.54) is 0 Å². The van der Waals surface area contributed by atoms with Crippen molar-refractivity contribution in [2.24, 2.45) is 5.41 Å². The highest BCUT2D eigenvalue weighted by Gasteiger charge is 2.95. The van der Waals surface area contributed by atoms with Crippen LogP contribution in [0.25, 0.3) is 0 Å². The topological polar surface area (TPSA) is 52.6 Å². The minimum absolute atomic E-state index is 0.00948. The van der Waals surface area contributed by atoms with Crippen LogP contribution in [0.5, 0.6) is 0 Å². The highest BCUT2D eigenvalue weighted by Crippen LogP contribution is 2.76. The third kappa shape index (κ3) is 1.91. The van der Waals surface area contributed by atoms with Crippen LogP contribution in [-0.4, -0.2) is 52.3 Å². The third-order valence-corrected chi connectivity index (χ3v) is 21.0. The predicted molar refractivity (Wildman–Crippen MR) is 98.7 cm³/mol. The van der Waals surface area contributed by atoms with Crippen molar-refractivity contribution in [1.29, 1.82) is 0 Å². The van der Waals surface area contributed by atoms with Gasteiger partial charge in [0, 0.05) is 18.3 Å². The maximum Gasteiger partial charge on any atom is 0.170 e. The van der Waals surface area contributed by atoms with Gasteiger partial charge in [-0.15, -0.1) is 0 Å².